The zero-order chi connectivity index (χ0) is 16.2. The van der Waals surface area contributed by atoms with Crippen molar-refractivity contribution in [3.63, 3.8) is 0 Å². The van der Waals surface area contributed by atoms with Crippen molar-refractivity contribution >= 4 is 21.5 Å². The monoisotopic (exact) mass is 323 g/mol. The lowest BCUT2D eigenvalue weighted by Gasteiger charge is -2.07. The van der Waals surface area contributed by atoms with E-state index in [9.17, 15) is 4.79 Å². The number of rotatable bonds is 3. The zero-order valence-corrected chi connectivity index (χ0v) is 13.2. The summed E-state index contributed by atoms with van der Waals surface area (Å²) in [6.45, 7) is 1.11. The summed E-state index contributed by atoms with van der Waals surface area (Å²) in [7, 11) is -0.408. The molecule has 114 valence electrons. The smallest absolute Gasteiger partial charge is 0.310 e. The lowest BCUT2D eigenvalue weighted by atomic mass is 10.1. The number of carbonyl (C=O) groups excluding carboxylic acids is 1. The maximum atomic E-state index is 12.4. The third kappa shape index (κ3) is 3.18. The molecule has 6 heteroatoms. The highest BCUT2D eigenvalue weighted by molar-refractivity contribution is 7.41. The molecule has 2 heterocycles. The van der Waals surface area contributed by atoms with Crippen LogP contribution < -0.4 is 5.32 Å². The summed E-state index contributed by atoms with van der Waals surface area (Å²) in [5.41, 5.74) is 0.807. The van der Waals surface area contributed by atoms with Gasteiger partial charge >= 0.3 is 5.13 Å². The summed E-state index contributed by atoms with van der Waals surface area (Å²) in [6.07, 6.45) is 9.93. The Hall–Kier alpha value is -2.83. The number of nitriles is 1. The van der Waals surface area contributed by atoms with Gasteiger partial charge in [0.05, 0.1) is 22.6 Å². The lowest BCUT2D eigenvalue weighted by Crippen LogP contribution is -2.25. The summed E-state index contributed by atoms with van der Waals surface area (Å²) >= 11 is 0. The Bertz CT molecular complexity index is 814. The molecule has 1 saturated heterocycles. The Morgan fingerprint density at radius 1 is 1.52 bits per heavy atom. The second kappa shape index (κ2) is 6.51. The Kier molecular flexibility index (Phi) is 4.27. The highest BCUT2D eigenvalue weighted by atomic mass is 32.2. The van der Waals surface area contributed by atoms with Crippen LogP contribution in [0.4, 0.5) is 5.13 Å². The van der Waals surface area contributed by atoms with Gasteiger partial charge in [0.25, 0.3) is 0 Å². The third-order valence-electron chi connectivity index (χ3n) is 3.78. The predicted octanol–water partition coefficient (Wildman–Crippen LogP) is 2.54. The van der Waals surface area contributed by atoms with Gasteiger partial charge in [-0.15, -0.1) is 6.42 Å². The van der Waals surface area contributed by atoms with E-state index in [0.717, 1.165) is 10.5 Å². The van der Waals surface area contributed by atoms with Gasteiger partial charge in [0.2, 0.25) is 5.91 Å². The quantitative estimate of drug-likeness (QED) is 0.535. The molecule has 1 aliphatic heterocycles. The number of benzene rings is 1. The number of amides is 1. The van der Waals surface area contributed by atoms with Crippen molar-refractivity contribution in [2.75, 3.05) is 18.4 Å². The van der Waals surface area contributed by atoms with E-state index in [1.54, 1.807) is 11.1 Å². The van der Waals surface area contributed by atoms with Crippen molar-refractivity contribution in [2.24, 2.45) is 5.92 Å². The SMILES string of the molecule is C#Cc1cccc(-[s+]2ccnc2NC(=O)[C@H]2CCN(C#N)C2)c1. The summed E-state index contributed by atoms with van der Waals surface area (Å²) in [6, 6.07) is 7.70. The molecule has 1 aromatic carbocycles. The van der Waals surface area contributed by atoms with Crippen molar-refractivity contribution in [3.05, 3.63) is 41.4 Å². The largest absolute Gasteiger partial charge is 0.352 e. The minimum absolute atomic E-state index is 0.0733. The average molecular weight is 323 g/mol. The van der Waals surface area contributed by atoms with E-state index in [1.165, 1.54) is 0 Å². The average Bonchev–Trinajstić information content (AvgIpc) is 3.24. The molecule has 1 aromatic heterocycles. The first-order valence-electron chi connectivity index (χ1n) is 7.21. The second-order valence-electron chi connectivity index (χ2n) is 5.25. The maximum Gasteiger partial charge on any atom is 0.352 e. The van der Waals surface area contributed by atoms with Gasteiger partial charge in [-0.3, -0.25) is 10.1 Å². The molecule has 0 spiro atoms. The first-order valence-corrected chi connectivity index (χ1v) is 8.50. The van der Waals surface area contributed by atoms with E-state index in [-0.39, 0.29) is 11.8 Å². The Morgan fingerprint density at radius 3 is 3.13 bits per heavy atom. The molecule has 1 amide bonds. The van der Waals surface area contributed by atoms with Crippen LogP contribution in [0.2, 0.25) is 0 Å². The standard InChI is InChI=1S/C17H14N4OS/c1-2-13-4-3-5-15(10-13)23-9-7-19-17(23)20-16(22)14-6-8-21(11-14)12-18/h1,3-5,7,9-10,14H,6,8,11H2/p+1/t14-,23?/m0/s1. The molecule has 1 fully saturated rings. The molecule has 3 rings (SSSR count). The van der Waals surface area contributed by atoms with Gasteiger partial charge in [-0.25, -0.2) is 0 Å². The van der Waals surface area contributed by atoms with Crippen molar-refractivity contribution in [2.45, 2.75) is 6.42 Å². The molecule has 23 heavy (non-hydrogen) atoms. The van der Waals surface area contributed by atoms with Crippen molar-refractivity contribution in [1.82, 2.24) is 9.88 Å². The lowest BCUT2D eigenvalue weighted by molar-refractivity contribution is -0.119. The van der Waals surface area contributed by atoms with Gasteiger partial charge in [-0.2, -0.15) is 10.2 Å². The first-order chi connectivity index (χ1) is 11.2. The molecular formula is C17H15N4OS+. The van der Waals surface area contributed by atoms with Crippen molar-refractivity contribution < 1.29 is 4.79 Å². The number of carbonyl (C=O) groups is 1. The van der Waals surface area contributed by atoms with Crippen LogP contribution in [-0.4, -0.2) is 28.9 Å². The fourth-order valence-electron chi connectivity index (χ4n) is 2.55. The number of hydrogen-bond donors (Lipinski definition) is 1. The van der Waals surface area contributed by atoms with Gasteiger partial charge in [0.15, 0.2) is 16.5 Å². The molecule has 2 aromatic rings. The highest BCUT2D eigenvalue weighted by Gasteiger charge is 2.30. The van der Waals surface area contributed by atoms with Crippen LogP contribution >= 0.6 is 10.5 Å². The Morgan fingerprint density at radius 2 is 2.39 bits per heavy atom. The number of hydrogen-bond acceptors (Lipinski definition) is 4. The van der Waals surface area contributed by atoms with Crippen LogP contribution in [0.1, 0.15) is 12.0 Å². The van der Waals surface area contributed by atoms with Crippen molar-refractivity contribution in [1.29, 1.82) is 5.26 Å². The van der Waals surface area contributed by atoms with E-state index in [0.29, 0.717) is 24.6 Å². The molecule has 0 bridgehead atoms. The molecule has 5 nitrogen and oxygen atoms in total. The van der Waals surface area contributed by atoms with E-state index in [4.69, 9.17) is 11.7 Å². The van der Waals surface area contributed by atoms with Crippen molar-refractivity contribution in [3.8, 4) is 23.4 Å². The molecule has 0 saturated carbocycles. The van der Waals surface area contributed by atoms with E-state index in [2.05, 4.69) is 22.4 Å². The molecule has 0 aliphatic carbocycles. The van der Waals surface area contributed by atoms with Crippen LogP contribution in [0.5, 0.6) is 0 Å². The number of aromatic nitrogens is 1. The van der Waals surface area contributed by atoms with Gasteiger partial charge in [-0.05, 0) is 18.6 Å². The Balaban J connectivity index is 1.78. The third-order valence-corrected chi connectivity index (χ3v) is 5.56. The van der Waals surface area contributed by atoms with Crippen LogP contribution in [0.15, 0.2) is 35.8 Å². The van der Waals surface area contributed by atoms with Crippen LogP contribution in [0.3, 0.4) is 0 Å². The summed E-state index contributed by atoms with van der Waals surface area (Å²) in [4.78, 5) is 19.3. The minimum Gasteiger partial charge on any atom is -0.310 e. The fourth-order valence-corrected chi connectivity index (χ4v) is 4.11. The topological polar surface area (TPSA) is 69.0 Å². The minimum atomic E-state index is -0.408. The summed E-state index contributed by atoms with van der Waals surface area (Å²) in [5.74, 6) is 2.38. The predicted molar refractivity (Wildman–Crippen MR) is 89.9 cm³/mol. The number of likely N-dealkylation sites (tertiary alicyclic amines) is 1. The molecule has 0 radical (unpaired) electrons. The van der Waals surface area contributed by atoms with E-state index in [1.807, 2.05) is 29.6 Å². The first kappa shape index (κ1) is 15.1. The van der Waals surface area contributed by atoms with Gasteiger partial charge in [0, 0.05) is 24.7 Å². The summed E-state index contributed by atoms with van der Waals surface area (Å²) in [5, 5.41) is 14.4. The molecule has 1 N–H and O–H groups in total. The van der Waals surface area contributed by atoms with Crippen LogP contribution in [-0.2, 0) is 4.79 Å². The molecule has 1 aliphatic rings. The van der Waals surface area contributed by atoms with Crippen LogP contribution in [0.25, 0.3) is 4.90 Å². The van der Waals surface area contributed by atoms with Gasteiger partial charge in [-0.1, -0.05) is 12.0 Å². The van der Waals surface area contributed by atoms with E-state index < -0.39 is 10.5 Å². The normalized spacial score (nSPS) is 17.4. The van der Waals surface area contributed by atoms with Crippen LogP contribution in [0, 0.1) is 29.7 Å². The highest BCUT2D eigenvalue weighted by Crippen LogP contribution is 2.38. The number of anilines is 1. The molecule has 1 unspecified atom stereocenters. The summed E-state index contributed by atoms with van der Waals surface area (Å²) < 4.78 is 0. The number of nitrogens with one attached hydrogen (secondary N) is 1. The molecule has 2 atom stereocenters. The zero-order valence-electron chi connectivity index (χ0n) is 12.4. The number of nitrogens with zero attached hydrogens (tertiary/aromatic N) is 3. The second-order valence-corrected chi connectivity index (χ2v) is 7.06. The number of thiazole rings is 1. The van der Waals surface area contributed by atoms with Gasteiger partial charge in [0.1, 0.15) is 0 Å². The fraction of sp³-hybridized carbons (Fsp3) is 0.235. The van der Waals surface area contributed by atoms with E-state index >= 15 is 0 Å². The maximum absolute atomic E-state index is 12.4. The molecular weight excluding hydrogens is 308 g/mol. The number of terminal acetylenes is 1. The Labute approximate surface area is 137 Å². The van der Waals surface area contributed by atoms with Gasteiger partial charge < -0.3 is 4.90 Å².